The predicted octanol–water partition coefficient (Wildman–Crippen LogP) is 3.24. The topological polar surface area (TPSA) is 78.8 Å². The number of hydrazone groups is 1. The molecule has 1 N–H and O–H groups in total. The first-order chi connectivity index (χ1) is 12.4. The van der Waals surface area contributed by atoms with E-state index in [1.165, 1.54) is 22.7 Å². The van der Waals surface area contributed by atoms with Gasteiger partial charge in [0.2, 0.25) is 10.0 Å². The molecule has 8 heteroatoms. The first kappa shape index (κ1) is 20.3. The lowest BCUT2D eigenvalue weighted by Gasteiger charge is -2.18. The Labute approximate surface area is 162 Å². The zero-order valence-corrected chi connectivity index (χ0v) is 16.9. The molecule has 2 rings (SSSR count). The van der Waals surface area contributed by atoms with Crippen LogP contribution in [0.5, 0.6) is 0 Å². The molecule has 0 spiro atoms. The fourth-order valence-electron chi connectivity index (χ4n) is 2.33. The summed E-state index contributed by atoms with van der Waals surface area (Å²) in [5, 5.41) is 3.91. The van der Waals surface area contributed by atoms with Gasteiger partial charge in [0, 0.05) is 23.1 Å². The van der Waals surface area contributed by atoms with Gasteiger partial charge in [-0.15, -0.1) is 0 Å². The number of sulfonamides is 1. The Balaban J connectivity index is 2.15. The number of carbonyl (C=O) groups is 1. The SMILES string of the molecule is CCN(CC)S(=O)(=O)c1cccc(C(=O)N/N=C/c2cccc(Br)c2)c1. The minimum absolute atomic E-state index is 0.0878. The van der Waals surface area contributed by atoms with Crippen LogP contribution in [0.3, 0.4) is 0 Å². The van der Waals surface area contributed by atoms with Crippen molar-refractivity contribution in [3.8, 4) is 0 Å². The molecule has 0 bridgehead atoms. The maximum atomic E-state index is 12.6. The number of nitrogens with one attached hydrogen (secondary N) is 1. The van der Waals surface area contributed by atoms with Gasteiger partial charge in [0.05, 0.1) is 11.1 Å². The molecular weight excluding hydrogens is 418 g/mol. The Bertz CT molecular complexity index is 909. The van der Waals surface area contributed by atoms with Gasteiger partial charge in [-0.2, -0.15) is 9.41 Å². The fourth-order valence-corrected chi connectivity index (χ4v) is 4.25. The standard InChI is InChI=1S/C18H20BrN3O3S/c1-3-22(4-2)26(24,25)17-10-6-8-15(12-17)18(23)21-20-13-14-7-5-9-16(19)11-14/h5-13H,3-4H2,1-2H3,(H,21,23)/b20-13+. The van der Waals surface area contributed by atoms with Crippen LogP contribution >= 0.6 is 15.9 Å². The summed E-state index contributed by atoms with van der Waals surface area (Å²) in [6.07, 6.45) is 1.51. The molecule has 0 fully saturated rings. The molecule has 0 radical (unpaired) electrons. The minimum Gasteiger partial charge on any atom is -0.267 e. The van der Waals surface area contributed by atoms with Crippen molar-refractivity contribution in [2.75, 3.05) is 13.1 Å². The van der Waals surface area contributed by atoms with Crippen molar-refractivity contribution in [3.63, 3.8) is 0 Å². The van der Waals surface area contributed by atoms with E-state index >= 15 is 0 Å². The maximum Gasteiger partial charge on any atom is 0.271 e. The van der Waals surface area contributed by atoms with Gasteiger partial charge < -0.3 is 0 Å². The number of amides is 1. The van der Waals surface area contributed by atoms with E-state index in [1.54, 1.807) is 26.0 Å². The molecule has 0 saturated carbocycles. The summed E-state index contributed by atoms with van der Waals surface area (Å²) in [6.45, 7) is 4.28. The summed E-state index contributed by atoms with van der Waals surface area (Å²) in [7, 11) is -3.62. The van der Waals surface area contributed by atoms with Crippen molar-refractivity contribution < 1.29 is 13.2 Å². The molecule has 138 valence electrons. The number of hydrogen-bond acceptors (Lipinski definition) is 4. The van der Waals surface area contributed by atoms with Gasteiger partial charge in [-0.1, -0.05) is 48.0 Å². The van der Waals surface area contributed by atoms with Crippen molar-refractivity contribution in [1.82, 2.24) is 9.73 Å². The molecule has 0 heterocycles. The van der Waals surface area contributed by atoms with Gasteiger partial charge in [-0.3, -0.25) is 4.79 Å². The number of nitrogens with zero attached hydrogens (tertiary/aromatic N) is 2. The first-order valence-electron chi connectivity index (χ1n) is 8.07. The highest BCUT2D eigenvalue weighted by Crippen LogP contribution is 2.17. The number of halogens is 1. The second-order valence-electron chi connectivity index (χ2n) is 5.37. The quantitative estimate of drug-likeness (QED) is 0.533. The normalized spacial score (nSPS) is 11.8. The second-order valence-corrected chi connectivity index (χ2v) is 8.22. The molecule has 0 atom stereocenters. The third-order valence-corrected chi connectivity index (χ3v) is 6.21. The largest absolute Gasteiger partial charge is 0.271 e. The van der Waals surface area contributed by atoms with E-state index in [2.05, 4.69) is 26.5 Å². The van der Waals surface area contributed by atoms with Gasteiger partial charge in [0.15, 0.2) is 0 Å². The van der Waals surface area contributed by atoms with Crippen LogP contribution in [0.4, 0.5) is 0 Å². The Morgan fingerprint density at radius 3 is 2.50 bits per heavy atom. The molecule has 1 amide bonds. The van der Waals surface area contributed by atoms with Crippen molar-refractivity contribution in [2.45, 2.75) is 18.7 Å². The molecule has 0 aliphatic rings. The van der Waals surface area contributed by atoms with Crippen LogP contribution < -0.4 is 5.43 Å². The lowest BCUT2D eigenvalue weighted by molar-refractivity contribution is 0.0955. The monoisotopic (exact) mass is 437 g/mol. The fraction of sp³-hybridized carbons (Fsp3) is 0.222. The van der Waals surface area contributed by atoms with E-state index in [0.29, 0.717) is 13.1 Å². The third kappa shape index (κ3) is 5.00. The minimum atomic E-state index is -3.62. The van der Waals surface area contributed by atoms with Crippen LogP contribution in [0, 0.1) is 0 Å². The van der Waals surface area contributed by atoms with Crippen molar-refractivity contribution in [1.29, 1.82) is 0 Å². The zero-order valence-electron chi connectivity index (χ0n) is 14.5. The summed E-state index contributed by atoms with van der Waals surface area (Å²) >= 11 is 3.36. The van der Waals surface area contributed by atoms with Gasteiger partial charge >= 0.3 is 0 Å². The highest BCUT2D eigenvalue weighted by Gasteiger charge is 2.22. The Kier molecular flexibility index (Phi) is 7.07. The molecule has 2 aromatic carbocycles. The lowest BCUT2D eigenvalue weighted by Crippen LogP contribution is -2.30. The average molecular weight is 438 g/mol. The molecule has 26 heavy (non-hydrogen) atoms. The van der Waals surface area contributed by atoms with Crippen molar-refractivity contribution >= 4 is 38.1 Å². The molecular formula is C18H20BrN3O3S. The van der Waals surface area contributed by atoms with Crippen LogP contribution in [0.1, 0.15) is 29.8 Å². The molecule has 0 aliphatic carbocycles. The summed E-state index contributed by atoms with van der Waals surface area (Å²) in [6, 6.07) is 13.4. The Morgan fingerprint density at radius 2 is 1.85 bits per heavy atom. The van der Waals surface area contributed by atoms with Crippen LogP contribution in [-0.2, 0) is 10.0 Å². The second kappa shape index (κ2) is 9.07. The Morgan fingerprint density at radius 1 is 1.15 bits per heavy atom. The molecule has 0 aliphatic heterocycles. The van der Waals surface area contributed by atoms with Crippen molar-refractivity contribution in [3.05, 3.63) is 64.1 Å². The van der Waals surface area contributed by atoms with Crippen LogP contribution in [0.25, 0.3) is 0 Å². The molecule has 2 aromatic rings. The number of rotatable bonds is 7. The average Bonchev–Trinajstić information content (AvgIpc) is 2.62. The van der Waals surface area contributed by atoms with Crippen LogP contribution in [-0.4, -0.2) is 37.9 Å². The smallest absolute Gasteiger partial charge is 0.267 e. The predicted molar refractivity (Wildman–Crippen MR) is 106 cm³/mol. The maximum absolute atomic E-state index is 12.6. The molecule has 0 unspecified atom stereocenters. The van der Waals surface area contributed by atoms with Gasteiger partial charge in [-0.25, -0.2) is 13.8 Å². The highest BCUT2D eigenvalue weighted by molar-refractivity contribution is 9.10. The number of carbonyl (C=O) groups excluding carboxylic acids is 1. The van der Waals surface area contributed by atoms with E-state index in [-0.39, 0.29) is 10.5 Å². The van der Waals surface area contributed by atoms with Gasteiger partial charge in [0.25, 0.3) is 5.91 Å². The van der Waals surface area contributed by atoms with Crippen LogP contribution in [0.15, 0.2) is 63.0 Å². The van der Waals surface area contributed by atoms with E-state index < -0.39 is 15.9 Å². The van der Waals surface area contributed by atoms with E-state index in [1.807, 2.05) is 24.3 Å². The number of hydrogen-bond donors (Lipinski definition) is 1. The highest BCUT2D eigenvalue weighted by atomic mass is 79.9. The first-order valence-corrected chi connectivity index (χ1v) is 10.3. The van der Waals surface area contributed by atoms with Crippen LogP contribution in [0.2, 0.25) is 0 Å². The summed E-state index contributed by atoms with van der Waals surface area (Å²) in [4.78, 5) is 12.3. The van der Waals surface area contributed by atoms with Crippen molar-refractivity contribution in [2.24, 2.45) is 5.10 Å². The molecule has 0 saturated heterocycles. The lowest BCUT2D eigenvalue weighted by atomic mass is 10.2. The van der Waals surface area contributed by atoms with E-state index in [0.717, 1.165) is 10.0 Å². The molecule has 6 nitrogen and oxygen atoms in total. The third-order valence-electron chi connectivity index (χ3n) is 3.67. The van der Waals surface area contributed by atoms with E-state index in [9.17, 15) is 13.2 Å². The summed E-state index contributed by atoms with van der Waals surface area (Å²) in [5.74, 6) is -0.479. The Hall–Kier alpha value is -2.03. The van der Waals surface area contributed by atoms with Gasteiger partial charge in [-0.05, 0) is 35.9 Å². The zero-order chi connectivity index (χ0) is 19.2. The van der Waals surface area contributed by atoms with E-state index in [4.69, 9.17) is 0 Å². The van der Waals surface area contributed by atoms with Gasteiger partial charge in [0.1, 0.15) is 0 Å². The number of benzene rings is 2. The molecule has 0 aromatic heterocycles. The summed E-state index contributed by atoms with van der Waals surface area (Å²) < 4.78 is 27.4. The summed E-state index contributed by atoms with van der Waals surface area (Å²) in [5.41, 5.74) is 3.45.